The SMILES string of the molecule is CCOC(=O)c1nnn([C@@H](CC)C(=O)Nc2ccccc2F)c1C(=O)OCC. The van der Waals surface area contributed by atoms with Gasteiger partial charge in [0.1, 0.15) is 11.9 Å². The Labute approximate surface area is 160 Å². The summed E-state index contributed by atoms with van der Waals surface area (Å²) in [5.74, 6) is -2.96. The number of hydrogen-bond acceptors (Lipinski definition) is 7. The van der Waals surface area contributed by atoms with Gasteiger partial charge >= 0.3 is 11.9 Å². The van der Waals surface area contributed by atoms with Crippen molar-refractivity contribution in [2.45, 2.75) is 33.2 Å². The Morgan fingerprint density at radius 3 is 2.36 bits per heavy atom. The van der Waals surface area contributed by atoms with Crippen molar-refractivity contribution in [1.29, 1.82) is 0 Å². The lowest BCUT2D eigenvalue weighted by Gasteiger charge is -2.17. The second-order valence-corrected chi connectivity index (χ2v) is 5.57. The lowest BCUT2D eigenvalue weighted by molar-refractivity contribution is -0.119. The number of benzene rings is 1. The molecule has 0 spiro atoms. The first kappa shape index (κ1) is 21.0. The zero-order valence-corrected chi connectivity index (χ0v) is 15.8. The lowest BCUT2D eigenvalue weighted by atomic mass is 10.2. The van der Waals surface area contributed by atoms with Gasteiger partial charge in [0, 0.05) is 0 Å². The van der Waals surface area contributed by atoms with Gasteiger partial charge in [0.25, 0.3) is 0 Å². The second-order valence-electron chi connectivity index (χ2n) is 5.57. The third kappa shape index (κ3) is 4.51. The van der Waals surface area contributed by atoms with E-state index in [0.29, 0.717) is 0 Å². The zero-order valence-electron chi connectivity index (χ0n) is 15.8. The van der Waals surface area contributed by atoms with E-state index in [2.05, 4.69) is 15.6 Å². The van der Waals surface area contributed by atoms with Crippen molar-refractivity contribution >= 4 is 23.5 Å². The molecule has 0 aliphatic rings. The fourth-order valence-electron chi connectivity index (χ4n) is 2.49. The van der Waals surface area contributed by atoms with Crippen LogP contribution in [0.15, 0.2) is 24.3 Å². The van der Waals surface area contributed by atoms with E-state index in [9.17, 15) is 18.8 Å². The molecule has 1 aromatic heterocycles. The molecule has 1 aromatic carbocycles. The van der Waals surface area contributed by atoms with E-state index in [1.165, 1.54) is 18.2 Å². The van der Waals surface area contributed by atoms with Gasteiger partial charge < -0.3 is 14.8 Å². The Morgan fingerprint density at radius 2 is 1.75 bits per heavy atom. The van der Waals surface area contributed by atoms with E-state index in [-0.39, 0.29) is 36.7 Å². The highest BCUT2D eigenvalue weighted by Crippen LogP contribution is 2.21. The fourth-order valence-corrected chi connectivity index (χ4v) is 2.49. The van der Waals surface area contributed by atoms with Gasteiger partial charge in [0.15, 0.2) is 5.69 Å². The number of anilines is 1. The van der Waals surface area contributed by atoms with Crippen molar-refractivity contribution in [3.05, 3.63) is 41.5 Å². The average Bonchev–Trinajstić information content (AvgIpc) is 3.09. The molecule has 0 radical (unpaired) electrons. The molecule has 0 aliphatic heterocycles. The first-order valence-electron chi connectivity index (χ1n) is 8.79. The van der Waals surface area contributed by atoms with Crippen LogP contribution in [0.25, 0.3) is 0 Å². The van der Waals surface area contributed by atoms with Gasteiger partial charge in [-0.05, 0) is 32.4 Å². The number of carbonyl (C=O) groups is 3. The number of carbonyl (C=O) groups excluding carboxylic acids is 3. The highest BCUT2D eigenvalue weighted by molar-refractivity contribution is 6.01. The van der Waals surface area contributed by atoms with Crippen LogP contribution in [0.5, 0.6) is 0 Å². The Hall–Kier alpha value is -3.30. The molecule has 150 valence electrons. The maximum atomic E-state index is 13.8. The van der Waals surface area contributed by atoms with Gasteiger partial charge in [-0.2, -0.15) is 0 Å². The smallest absolute Gasteiger partial charge is 0.361 e. The number of nitrogens with one attached hydrogen (secondary N) is 1. The van der Waals surface area contributed by atoms with Crippen molar-refractivity contribution in [3.8, 4) is 0 Å². The molecule has 1 N–H and O–H groups in total. The molecule has 0 saturated heterocycles. The zero-order chi connectivity index (χ0) is 20.7. The molecule has 2 rings (SSSR count). The molecule has 0 aliphatic carbocycles. The van der Waals surface area contributed by atoms with Crippen molar-refractivity contribution in [1.82, 2.24) is 15.0 Å². The van der Waals surface area contributed by atoms with Crippen molar-refractivity contribution in [2.75, 3.05) is 18.5 Å². The summed E-state index contributed by atoms with van der Waals surface area (Å²) in [7, 11) is 0. The van der Waals surface area contributed by atoms with E-state index in [1.54, 1.807) is 26.8 Å². The lowest BCUT2D eigenvalue weighted by Crippen LogP contribution is -2.30. The number of esters is 2. The Bertz CT molecular complexity index is 867. The predicted molar refractivity (Wildman–Crippen MR) is 96.3 cm³/mol. The Morgan fingerprint density at radius 1 is 1.11 bits per heavy atom. The van der Waals surface area contributed by atoms with Crippen LogP contribution >= 0.6 is 0 Å². The minimum Gasteiger partial charge on any atom is -0.461 e. The summed E-state index contributed by atoms with van der Waals surface area (Å²) < 4.78 is 24.7. The van der Waals surface area contributed by atoms with E-state index in [1.807, 2.05) is 0 Å². The van der Waals surface area contributed by atoms with Gasteiger partial charge in [-0.15, -0.1) is 5.10 Å². The predicted octanol–water partition coefficient (Wildman–Crippen LogP) is 2.36. The quantitative estimate of drug-likeness (QED) is 0.686. The van der Waals surface area contributed by atoms with Crippen LogP contribution in [0.1, 0.15) is 54.2 Å². The maximum absolute atomic E-state index is 13.8. The fraction of sp³-hybridized carbons (Fsp3) is 0.389. The summed E-state index contributed by atoms with van der Waals surface area (Å²) in [5.41, 5.74) is -0.664. The first-order valence-corrected chi connectivity index (χ1v) is 8.79. The highest BCUT2D eigenvalue weighted by Gasteiger charge is 2.33. The molecule has 2 aromatic rings. The van der Waals surface area contributed by atoms with Gasteiger partial charge in [0.2, 0.25) is 11.6 Å². The molecule has 1 amide bonds. The number of nitrogens with zero attached hydrogens (tertiary/aromatic N) is 3. The number of rotatable bonds is 8. The van der Waals surface area contributed by atoms with Crippen LogP contribution in [0.3, 0.4) is 0 Å². The van der Waals surface area contributed by atoms with Crippen LogP contribution in [-0.4, -0.2) is 46.1 Å². The summed E-state index contributed by atoms with van der Waals surface area (Å²) in [6.45, 7) is 4.98. The van der Waals surface area contributed by atoms with Crippen LogP contribution in [0.4, 0.5) is 10.1 Å². The topological polar surface area (TPSA) is 112 Å². The summed E-state index contributed by atoms with van der Waals surface area (Å²) >= 11 is 0. The van der Waals surface area contributed by atoms with Crippen LogP contribution in [-0.2, 0) is 14.3 Å². The van der Waals surface area contributed by atoms with Gasteiger partial charge in [0.05, 0.1) is 18.9 Å². The number of ether oxygens (including phenoxy) is 2. The minimum absolute atomic E-state index is 0.0191. The molecule has 1 heterocycles. The summed E-state index contributed by atoms with van der Waals surface area (Å²) in [4.78, 5) is 37.2. The Balaban J connectivity index is 2.42. The van der Waals surface area contributed by atoms with Crippen molar-refractivity contribution in [2.24, 2.45) is 0 Å². The number of aromatic nitrogens is 3. The van der Waals surface area contributed by atoms with E-state index >= 15 is 0 Å². The standard InChI is InChI=1S/C18H21FN4O5/c1-4-13(16(24)20-12-10-8-7-9-11(12)19)23-15(18(26)28-6-3)14(21-22-23)17(25)27-5-2/h7-10,13H,4-6H2,1-3H3,(H,20,24)/t13-/m0/s1. The average molecular weight is 392 g/mol. The van der Waals surface area contributed by atoms with Gasteiger partial charge in [-0.3, -0.25) is 4.79 Å². The molecule has 0 saturated carbocycles. The van der Waals surface area contributed by atoms with E-state index in [4.69, 9.17) is 9.47 Å². The molecule has 9 nitrogen and oxygen atoms in total. The number of hydrogen-bond donors (Lipinski definition) is 1. The highest BCUT2D eigenvalue weighted by atomic mass is 19.1. The summed E-state index contributed by atoms with van der Waals surface area (Å²) in [6, 6.07) is 4.63. The largest absolute Gasteiger partial charge is 0.461 e. The monoisotopic (exact) mass is 392 g/mol. The second kappa shape index (κ2) is 9.58. The molecule has 0 bridgehead atoms. The third-order valence-corrected chi connectivity index (χ3v) is 3.75. The van der Waals surface area contributed by atoms with Gasteiger partial charge in [-0.25, -0.2) is 18.7 Å². The number of halogens is 1. The molecule has 28 heavy (non-hydrogen) atoms. The summed E-state index contributed by atoms with van der Waals surface area (Å²) in [5, 5.41) is 9.94. The van der Waals surface area contributed by atoms with Crippen molar-refractivity contribution < 1.29 is 28.2 Å². The maximum Gasteiger partial charge on any atom is 0.361 e. The van der Waals surface area contributed by atoms with Crippen LogP contribution < -0.4 is 5.32 Å². The third-order valence-electron chi connectivity index (χ3n) is 3.75. The molecule has 10 heteroatoms. The molecule has 0 unspecified atom stereocenters. The molecular formula is C18H21FN4O5. The van der Waals surface area contributed by atoms with Crippen molar-refractivity contribution in [3.63, 3.8) is 0 Å². The molecule has 0 fully saturated rings. The van der Waals surface area contributed by atoms with E-state index < -0.39 is 29.7 Å². The van der Waals surface area contributed by atoms with Crippen LogP contribution in [0, 0.1) is 5.82 Å². The van der Waals surface area contributed by atoms with E-state index in [0.717, 1.165) is 4.68 Å². The van der Waals surface area contributed by atoms with Crippen LogP contribution in [0.2, 0.25) is 0 Å². The minimum atomic E-state index is -1.03. The molecule has 1 atom stereocenters. The van der Waals surface area contributed by atoms with Gasteiger partial charge in [-0.1, -0.05) is 24.3 Å². The Kier molecular flexibility index (Phi) is 7.19. The summed E-state index contributed by atoms with van der Waals surface area (Å²) in [6.07, 6.45) is 0.193. The normalized spacial score (nSPS) is 11.6. The molecular weight excluding hydrogens is 371 g/mol. The first-order chi connectivity index (χ1) is 13.4. The number of para-hydroxylation sites is 1. The number of amides is 1.